The number of thiophene rings is 1. The highest BCUT2D eigenvalue weighted by Crippen LogP contribution is 2.27. The Hall–Kier alpha value is -3.49. The average molecular weight is 497 g/mol. The van der Waals surface area contributed by atoms with Gasteiger partial charge in [0.2, 0.25) is 0 Å². The number of esters is 2. The number of nitrogens with zero attached hydrogens (tertiary/aromatic N) is 2. The molecule has 0 atom stereocenters. The van der Waals surface area contributed by atoms with Crippen molar-refractivity contribution in [3.05, 3.63) is 97.9 Å². The summed E-state index contributed by atoms with van der Waals surface area (Å²) < 4.78 is 11.8. The van der Waals surface area contributed by atoms with Gasteiger partial charge in [-0.2, -0.15) is 0 Å². The number of hydrogen-bond acceptors (Lipinski definition) is 7. The van der Waals surface area contributed by atoms with Crippen molar-refractivity contribution in [2.75, 3.05) is 6.61 Å². The fourth-order valence-electron chi connectivity index (χ4n) is 3.40. The van der Waals surface area contributed by atoms with Gasteiger partial charge in [-0.1, -0.05) is 60.1 Å². The highest BCUT2D eigenvalue weighted by atomic mass is 35.5. The van der Waals surface area contributed by atoms with Crippen LogP contribution in [0.2, 0.25) is 5.02 Å². The molecular formula is C25H21ClN2O5S. The topological polar surface area (TPSA) is 87.5 Å². The molecule has 34 heavy (non-hydrogen) atoms. The van der Waals surface area contributed by atoms with Crippen LogP contribution in [-0.4, -0.2) is 28.1 Å². The van der Waals surface area contributed by atoms with Gasteiger partial charge in [-0.05, 0) is 24.1 Å². The number of halogens is 1. The number of carbonyl (C=O) groups excluding carboxylic acids is 2. The van der Waals surface area contributed by atoms with E-state index < -0.39 is 17.5 Å². The third-order valence-electron chi connectivity index (χ3n) is 5.22. The van der Waals surface area contributed by atoms with E-state index in [-0.39, 0.29) is 19.8 Å². The summed E-state index contributed by atoms with van der Waals surface area (Å²) in [5, 5.41) is 0.786. The van der Waals surface area contributed by atoms with Crippen molar-refractivity contribution in [3.63, 3.8) is 0 Å². The molecule has 7 nitrogen and oxygen atoms in total. The maximum Gasteiger partial charge on any atom is 0.348 e. The van der Waals surface area contributed by atoms with Crippen molar-refractivity contribution in [3.8, 4) is 0 Å². The lowest BCUT2D eigenvalue weighted by molar-refractivity contribution is -0.145. The van der Waals surface area contributed by atoms with E-state index >= 15 is 0 Å². The molecule has 0 unspecified atom stereocenters. The SMILES string of the molecule is Cc1c(C(=O)OCCc2ccccc2)sc2ncn(CC(=O)OCc3ccccc3Cl)c(=O)c12. The zero-order valence-electron chi connectivity index (χ0n) is 18.3. The number of aryl methyl sites for hydroxylation is 1. The molecule has 0 amide bonds. The van der Waals surface area contributed by atoms with Gasteiger partial charge in [0.25, 0.3) is 5.56 Å². The van der Waals surface area contributed by atoms with Crippen LogP contribution >= 0.6 is 22.9 Å². The van der Waals surface area contributed by atoms with Gasteiger partial charge in [0.05, 0.1) is 18.3 Å². The van der Waals surface area contributed by atoms with Gasteiger partial charge >= 0.3 is 11.9 Å². The third-order valence-corrected chi connectivity index (χ3v) is 6.76. The molecule has 4 rings (SSSR count). The van der Waals surface area contributed by atoms with E-state index in [0.717, 1.165) is 16.9 Å². The van der Waals surface area contributed by atoms with Crippen LogP contribution in [-0.2, 0) is 33.8 Å². The van der Waals surface area contributed by atoms with Gasteiger partial charge in [0.1, 0.15) is 22.9 Å². The first-order chi connectivity index (χ1) is 16.4. The van der Waals surface area contributed by atoms with Gasteiger partial charge in [-0.25, -0.2) is 9.78 Å². The quantitative estimate of drug-likeness (QED) is 0.332. The Balaban J connectivity index is 1.44. The fraction of sp³-hybridized carbons (Fsp3) is 0.200. The Morgan fingerprint density at radius 2 is 1.79 bits per heavy atom. The highest BCUT2D eigenvalue weighted by Gasteiger charge is 2.21. The van der Waals surface area contributed by atoms with Crippen molar-refractivity contribution in [2.24, 2.45) is 0 Å². The minimum atomic E-state index is -0.600. The number of benzene rings is 2. The van der Waals surface area contributed by atoms with E-state index in [1.807, 2.05) is 30.3 Å². The monoisotopic (exact) mass is 496 g/mol. The molecular weight excluding hydrogens is 476 g/mol. The third kappa shape index (κ3) is 5.35. The molecule has 0 aliphatic heterocycles. The Morgan fingerprint density at radius 3 is 2.56 bits per heavy atom. The molecule has 0 saturated heterocycles. The minimum absolute atomic E-state index is 0.000616. The summed E-state index contributed by atoms with van der Waals surface area (Å²) in [5.41, 5.74) is 1.80. The average Bonchev–Trinajstić information content (AvgIpc) is 3.18. The van der Waals surface area contributed by atoms with E-state index in [1.165, 1.54) is 10.9 Å². The summed E-state index contributed by atoms with van der Waals surface area (Å²) in [6.07, 6.45) is 1.87. The molecule has 174 valence electrons. The van der Waals surface area contributed by atoms with Crippen molar-refractivity contribution in [1.82, 2.24) is 9.55 Å². The van der Waals surface area contributed by atoms with Crippen molar-refractivity contribution in [2.45, 2.75) is 26.5 Å². The summed E-state index contributed by atoms with van der Waals surface area (Å²) in [6.45, 7) is 1.60. The van der Waals surface area contributed by atoms with Gasteiger partial charge in [0, 0.05) is 17.0 Å². The maximum absolute atomic E-state index is 13.0. The van der Waals surface area contributed by atoms with Gasteiger partial charge in [-0.3, -0.25) is 14.2 Å². The van der Waals surface area contributed by atoms with Crippen LogP contribution in [0, 0.1) is 6.92 Å². The van der Waals surface area contributed by atoms with Gasteiger partial charge < -0.3 is 9.47 Å². The largest absolute Gasteiger partial charge is 0.461 e. The summed E-state index contributed by atoms with van der Waals surface area (Å²) in [6, 6.07) is 16.7. The molecule has 4 aromatic rings. The summed E-state index contributed by atoms with van der Waals surface area (Å²) >= 11 is 7.17. The van der Waals surface area contributed by atoms with Crippen molar-refractivity contribution in [1.29, 1.82) is 0 Å². The van der Waals surface area contributed by atoms with Crippen molar-refractivity contribution < 1.29 is 19.1 Å². The number of aromatic nitrogens is 2. The van der Waals surface area contributed by atoms with E-state index in [4.69, 9.17) is 21.1 Å². The normalized spacial score (nSPS) is 10.9. The van der Waals surface area contributed by atoms with Crippen molar-refractivity contribution >= 4 is 45.1 Å². The number of hydrogen-bond donors (Lipinski definition) is 0. The van der Waals surface area contributed by atoms with Gasteiger partial charge in [0.15, 0.2) is 0 Å². The lowest BCUT2D eigenvalue weighted by atomic mass is 10.2. The standard InChI is InChI=1S/C25H21ClN2O5S/c1-16-21-23(34-22(16)25(31)32-12-11-17-7-3-2-4-8-17)27-15-28(24(21)30)13-20(29)33-14-18-9-5-6-10-19(18)26/h2-10,15H,11-14H2,1H3. The summed E-state index contributed by atoms with van der Waals surface area (Å²) in [7, 11) is 0. The maximum atomic E-state index is 13.0. The van der Waals surface area contributed by atoms with Crippen LogP contribution in [0.25, 0.3) is 10.2 Å². The van der Waals surface area contributed by atoms with Crippen LogP contribution in [0.4, 0.5) is 0 Å². The lowest BCUT2D eigenvalue weighted by Gasteiger charge is -2.08. The predicted octanol–water partition coefficient (Wildman–Crippen LogP) is 4.56. The molecule has 0 fully saturated rings. The van der Waals surface area contributed by atoms with E-state index in [9.17, 15) is 14.4 Å². The smallest absolute Gasteiger partial charge is 0.348 e. The Morgan fingerprint density at radius 1 is 1.06 bits per heavy atom. The lowest BCUT2D eigenvalue weighted by Crippen LogP contribution is -2.25. The van der Waals surface area contributed by atoms with Crippen LogP contribution in [0.5, 0.6) is 0 Å². The molecule has 2 aromatic carbocycles. The van der Waals surface area contributed by atoms with Crippen LogP contribution in [0.3, 0.4) is 0 Å². The van der Waals surface area contributed by atoms with Crippen LogP contribution in [0.1, 0.15) is 26.4 Å². The van der Waals surface area contributed by atoms with E-state index in [0.29, 0.717) is 37.7 Å². The first-order valence-electron chi connectivity index (χ1n) is 10.5. The molecule has 0 spiro atoms. The Kier molecular flexibility index (Phi) is 7.40. The molecule has 0 N–H and O–H groups in total. The first kappa shape index (κ1) is 23.7. The van der Waals surface area contributed by atoms with E-state index in [2.05, 4.69) is 4.98 Å². The second-order valence-electron chi connectivity index (χ2n) is 7.54. The Bertz CT molecular complexity index is 1400. The van der Waals surface area contributed by atoms with Gasteiger partial charge in [-0.15, -0.1) is 11.3 Å². The molecule has 9 heteroatoms. The van der Waals surface area contributed by atoms with E-state index in [1.54, 1.807) is 31.2 Å². The second kappa shape index (κ2) is 10.6. The second-order valence-corrected chi connectivity index (χ2v) is 8.94. The number of rotatable bonds is 8. The number of carbonyl (C=O) groups is 2. The summed E-state index contributed by atoms with van der Waals surface area (Å²) in [5.74, 6) is -1.10. The molecule has 0 saturated carbocycles. The van der Waals surface area contributed by atoms with Crippen LogP contribution < -0.4 is 5.56 Å². The zero-order valence-corrected chi connectivity index (χ0v) is 19.9. The highest BCUT2D eigenvalue weighted by molar-refractivity contribution is 7.20. The Labute approximate surface area is 204 Å². The molecule has 2 aromatic heterocycles. The molecule has 0 bridgehead atoms. The molecule has 0 radical (unpaired) electrons. The number of fused-ring (bicyclic) bond motifs is 1. The zero-order chi connectivity index (χ0) is 24.1. The predicted molar refractivity (Wildman–Crippen MR) is 130 cm³/mol. The molecule has 0 aliphatic carbocycles. The van der Waals surface area contributed by atoms with Crippen LogP contribution in [0.15, 0.2) is 65.7 Å². The first-order valence-corrected chi connectivity index (χ1v) is 11.7. The minimum Gasteiger partial charge on any atom is -0.461 e. The molecule has 0 aliphatic rings. The number of ether oxygens (including phenoxy) is 2. The molecule has 2 heterocycles. The fourth-order valence-corrected chi connectivity index (χ4v) is 4.62. The summed E-state index contributed by atoms with van der Waals surface area (Å²) in [4.78, 5) is 42.9.